The topological polar surface area (TPSA) is 51.8 Å². The van der Waals surface area contributed by atoms with Crippen LogP contribution in [-0.2, 0) is 0 Å². The summed E-state index contributed by atoms with van der Waals surface area (Å²) >= 11 is 1.80. The first-order valence-electron chi connectivity index (χ1n) is 19.4. The minimum absolute atomic E-state index is 0.564. The molecule has 0 unspecified atom stereocenters. The Morgan fingerprint density at radius 1 is 0.345 bits per heavy atom. The predicted octanol–water partition coefficient (Wildman–Crippen LogP) is 14.8. The molecule has 4 nitrogen and oxygen atoms in total. The van der Waals surface area contributed by atoms with E-state index in [1.807, 2.05) is 18.2 Å². The highest BCUT2D eigenvalue weighted by atomic mass is 32.1. The van der Waals surface area contributed by atoms with E-state index < -0.39 is 0 Å². The number of benzene rings is 9. The standard InChI is InChI=1S/C53H31N3OS/c1-2-13-32(14-3-1)39-22-10-24-42-43-25-12-27-45(50(43)58-49(39)42)53-55-51(54-52(56-53)44-26-11-23-41-40-20-6-7-28-46(40)57-48(41)44)36-18-8-17-35(31-36)38-21-9-16-34-30-29-33-15-4-5-19-37(33)47(34)38/h1-31H. The third-order valence-electron chi connectivity index (χ3n) is 11.3. The van der Waals surface area contributed by atoms with Crippen molar-refractivity contribution in [2.45, 2.75) is 0 Å². The van der Waals surface area contributed by atoms with Gasteiger partial charge in [0.05, 0.1) is 5.56 Å². The second-order valence-corrected chi connectivity index (χ2v) is 15.7. The average molecular weight is 758 g/mol. The van der Waals surface area contributed by atoms with E-state index in [9.17, 15) is 0 Å². The van der Waals surface area contributed by atoms with Crippen molar-refractivity contribution in [1.82, 2.24) is 15.0 Å². The van der Waals surface area contributed by atoms with E-state index in [2.05, 4.69) is 170 Å². The Bertz CT molecular complexity index is 3590. The molecule has 0 saturated carbocycles. The summed E-state index contributed by atoms with van der Waals surface area (Å²) in [5.74, 6) is 1.78. The molecule has 270 valence electrons. The van der Waals surface area contributed by atoms with E-state index in [1.54, 1.807) is 11.3 Å². The van der Waals surface area contributed by atoms with E-state index in [1.165, 1.54) is 53.7 Å². The molecule has 0 saturated heterocycles. The van der Waals surface area contributed by atoms with Crippen LogP contribution in [0.3, 0.4) is 0 Å². The number of thiophene rings is 1. The zero-order valence-electron chi connectivity index (χ0n) is 31.1. The van der Waals surface area contributed by atoms with Gasteiger partial charge in [-0.2, -0.15) is 0 Å². The van der Waals surface area contributed by atoms with Crippen LogP contribution in [0.5, 0.6) is 0 Å². The SMILES string of the molecule is c1ccc(-c2cccc3c2sc2c(-c4nc(-c5cccc(-c6cccc7ccc8ccccc8c67)c5)nc(-c5cccc6c5oc5ccccc56)n4)cccc23)cc1. The zero-order chi connectivity index (χ0) is 38.2. The molecule has 0 aliphatic heterocycles. The molecular formula is C53H31N3OS. The molecule has 0 spiro atoms. The lowest BCUT2D eigenvalue weighted by atomic mass is 9.93. The first kappa shape index (κ1) is 32.7. The Morgan fingerprint density at radius 3 is 1.76 bits per heavy atom. The van der Waals surface area contributed by atoms with Gasteiger partial charge in [0.1, 0.15) is 11.2 Å². The average Bonchev–Trinajstić information content (AvgIpc) is 3.88. The number of aromatic nitrogens is 3. The van der Waals surface area contributed by atoms with Gasteiger partial charge in [-0.1, -0.05) is 164 Å². The first-order chi connectivity index (χ1) is 28.7. The van der Waals surface area contributed by atoms with Crippen LogP contribution in [0.15, 0.2) is 192 Å². The molecule has 0 radical (unpaired) electrons. The number of hydrogen-bond acceptors (Lipinski definition) is 5. The number of rotatable bonds is 5. The van der Waals surface area contributed by atoms with Crippen LogP contribution >= 0.6 is 11.3 Å². The van der Waals surface area contributed by atoms with Crippen molar-refractivity contribution < 1.29 is 4.42 Å². The van der Waals surface area contributed by atoms with E-state index in [-0.39, 0.29) is 0 Å². The highest BCUT2D eigenvalue weighted by molar-refractivity contribution is 7.26. The van der Waals surface area contributed by atoms with Gasteiger partial charge in [-0.25, -0.2) is 15.0 Å². The number of para-hydroxylation sites is 2. The molecule has 12 rings (SSSR count). The maximum absolute atomic E-state index is 6.55. The molecule has 0 fully saturated rings. The van der Waals surface area contributed by atoms with E-state index >= 15 is 0 Å². The summed E-state index contributed by atoms with van der Waals surface area (Å²) in [6, 6.07) is 66.2. The molecule has 5 heteroatoms. The van der Waals surface area contributed by atoms with Crippen molar-refractivity contribution >= 4 is 75.0 Å². The Hall–Kier alpha value is -7.47. The molecule has 0 bridgehead atoms. The Labute approximate surface area is 337 Å². The molecule has 0 N–H and O–H groups in total. The van der Waals surface area contributed by atoms with Crippen molar-refractivity contribution in [1.29, 1.82) is 0 Å². The van der Waals surface area contributed by atoms with Crippen LogP contribution in [0, 0.1) is 0 Å². The minimum Gasteiger partial charge on any atom is -0.455 e. The van der Waals surface area contributed by atoms with Gasteiger partial charge in [0.2, 0.25) is 0 Å². The lowest BCUT2D eigenvalue weighted by molar-refractivity contribution is 0.669. The third-order valence-corrected chi connectivity index (χ3v) is 12.6. The lowest BCUT2D eigenvalue weighted by Gasteiger charge is -2.12. The van der Waals surface area contributed by atoms with Crippen LogP contribution < -0.4 is 0 Å². The van der Waals surface area contributed by atoms with E-state index in [0.29, 0.717) is 17.5 Å². The second-order valence-electron chi connectivity index (χ2n) is 14.7. The summed E-state index contributed by atoms with van der Waals surface area (Å²) in [6.45, 7) is 0. The van der Waals surface area contributed by atoms with Crippen molar-refractivity contribution in [3.8, 4) is 56.4 Å². The van der Waals surface area contributed by atoms with Gasteiger partial charge >= 0.3 is 0 Å². The molecule has 0 aliphatic rings. The molecule has 0 amide bonds. The van der Waals surface area contributed by atoms with Crippen LogP contribution in [0.25, 0.3) is 120 Å². The molecule has 12 aromatic rings. The van der Waals surface area contributed by atoms with Gasteiger partial charge in [-0.15, -0.1) is 11.3 Å². The smallest absolute Gasteiger partial charge is 0.167 e. The van der Waals surface area contributed by atoms with Crippen LogP contribution in [-0.4, -0.2) is 15.0 Å². The first-order valence-corrected chi connectivity index (χ1v) is 20.2. The monoisotopic (exact) mass is 757 g/mol. The summed E-state index contributed by atoms with van der Waals surface area (Å²) < 4.78 is 8.93. The molecule has 0 atom stereocenters. The number of hydrogen-bond donors (Lipinski definition) is 0. The molecule has 3 heterocycles. The largest absolute Gasteiger partial charge is 0.455 e. The summed E-state index contributed by atoms with van der Waals surface area (Å²) in [7, 11) is 0. The zero-order valence-corrected chi connectivity index (χ0v) is 31.9. The summed E-state index contributed by atoms with van der Waals surface area (Å²) in [6.07, 6.45) is 0. The van der Waals surface area contributed by atoms with Gasteiger partial charge in [0, 0.05) is 42.1 Å². The summed E-state index contributed by atoms with van der Waals surface area (Å²) in [5.41, 5.74) is 8.98. The number of nitrogens with zero attached hydrogens (tertiary/aromatic N) is 3. The van der Waals surface area contributed by atoms with E-state index in [0.717, 1.165) is 48.9 Å². The van der Waals surface area contributed by atoms with Crippen molar-refractivity contribution in [2.24, 2.45) is 0 Å². The fraction of sp³-hybridized carbons (Fsp3) is 0. The maximum Gasteiger partial charge on any atom is 0.167 e. The molecule has 58 heavy (non-hydrogen) atoms. The summed E-state index contributed by atoms with van der Waals surface area (Å²) in [4.78, 5) is 15.9. The maximum atomic E-state index is 6.55. The quantitative estimate of drug-likeness (QED) is 0.164. The number of fused-ring (bicyclic) bond motifs is 9. The predicted molar refractivity (Wildman–Crippen MR) is 242 cm³/mol. The Morgan fingerprint density at radius 2 is 0.897 bits per heavy atom. The van der Waals surface area contributed by atoms with Gasteiger partial charge in [-0.05, 0) is 68.1 Å². The van der Waals surface area contributed by atoms with Gasteiger partial charge in [0.15, 0.2) is 17.5 Å². The fourth-order valence-electron chi connectivity index (χ4n) is 8.64. The van der Waals surface area contributed by atoms with E-state index in [4.69, 9.17) is 19.4 Å². The Balaban J connectivity index is 1.10. The minimum atomic E-state index is 0.564. The van der Waals surface area contributed by atoms with Crippen molar-refractivity contribution in [3.63, 3.8) is 0 Å². The highest BCUT2D eigenvalue weighted by Gasteiger charge is 2.21. The Kier molecular flexibility index (Phi) is 7.37. The molecule has 0 aliphatic carbocycles. The van der Waals surface area contributed by atoms with Crippen molar-refractivity contribution in [2.75, 3.05) is 0 Å². The second kappa shape index (κ2) is 13.1. The van der Waals surface area contributed by atoms with Gasteiger partial charge in [-0.3, -0.25) is 0 Å². The highest BCUT2D eigenvalue weighted by Crippen LogP contribution is 2.44. The summed E-state index contributed by atoms with van der Waals surface area (Å²) in [5, 5.41) is 9.39. The molecular weight excluding hydrogens is 727 g/mol. The van der Waals surface area contributed by atoms with Crippen LogP contribution in [0.4, 0.5) is 0 Å². The van der Waals surface area contributed by atoms with Gasteiger partial charge in [0.25, 0.3) is 0 Å². The molecule has 3 aromatic heterocycles. The normalized spacial score (nSPS) is 11.8. The molecule has 9 aromatic carbocycles. The fourth-order valence-corrected chi connectivity index (χ4v) is 9.98. The lowest BCUT2D eigenvalue weighted by Crippen LogP contribution is -2.00. The van der Waals surface area contributed by atoms with Crippen molar-refractivity contribution in [3.05, 3.63) is 188 Å². The van der Waals surface area contributed by atoms with Crippen LogP contribution in [0.2, 0.25) is 0 Å². The van der Waals surface area contributed by atoms with Gasteiger partial charge < -0.3 is 4.42 Å². The third kappa shape index (κ3) is 5.18. The number of furan rings is 1. The van der Waals surface area contributed by atoms with Crippen LogP contribution in [0.1, 0.15) is 0 Å².